The molecule has 0 aliphatic carbocycles. The third-order valence-electron chi connectivity index (χ3n) is 2.86. The minimum Gasteiger partial charge on any atom is -0.324 e. The molecule has 0 bridgehead atoms. The van der Waals surface area contributed by atoms with Crippen molar-refractivity contribution < 1.29 is 4.79 Å². The average molecular weight is 219 g/mol. The van der Waals surface area contributed by atoms with Gasteiger partial charge >= 0.3 is 0 Å². The molecule has 4 heteroatoms. The van der Waals surface area contributed by atoms with E-state index in [1.807, 2.05) is 43.1 Å². The van der Waals surface area contributed by atoms with Crippen LogP contribution >= 0.6 is 0 Å². The fraction of sp³-hybridized carbons (Fsp3) is 0.417. The summed E-state index contributed by atoms with van der Waals surface area (Å²) in [5.41, 5.74) is 10.7. The molecule has 0 spiro atoms. The van der Waals surface area contributed by atoms with Crippen LogP contribution in [0.1, 0.15) is 31.9 Å². The molecule has 1 aliphatic rings. The van der Waals surface area contributed by atoms with Crippen LogP contribution in [0.3, 0.4) is 0 Å². The Morgan fingerprint density at radius 1 is 1.44 bits per heavy atom. The first-order valence-corrected chi connectivity index (χ1v) is 5.52. The smallest absolute Gasteiger partial charge is 0.240 e. The molecule has 16 heavy (non-hydrogen) atoms. The van der Waals surface area contributed by atoms with Crippen molar-refractivity contribution in [2.75, 3.05) is 5.01 Å². The number of nitrogens with two attached hydrogens (primary N) is 1. The van der Waals surface area contributed by atoms with Gasteiger partial charge in [-0.3, -0.25) is 15.2 Å². The predicted molar refractivity (Wildman–Crippen MR) is 63.7 cm³/mol. The maximum atomic E-state index is 11.2. The lowest BCUT2D eigenvalue weighted by Crippen LogP contribution is -2.37. The number of nitrogens with zero attached hydrogens (tertiary/aromatic N) is 1. The van der Waals surface area contributed by atoms with Gasteiger partial charge in [0.05, 0.1) is 18.2 Å². The van der Waals surface area contributed by atoms with Crippen molar-refractivity contribution in [3.05, 3.63) is 29.8 Å². The molecule has 3 N–H and O–H groups in total. The lowest BCUT2D eigenvalue weighted by Gasteiger charge is -2.23. The van der Waals surface area contributed by atoms with Gasteiger partial charge in [-0.05, 0) is 31.5 Å². The van der Waals surface area contributed by atoms with E-state index >= 15 is 0 Å². The number of anilines is 1. The van der Waals surface area contributed by atoms with Crippen LogP contribution in [-0.4, -0.2) is 11.9 Å². The number of carbonyl (C=O) groups excluding carboxylic acids is 1. The Labute approximate surface area is 95.4 Å². The molecular formula is C12H17N3O. The van der Waals surface area contributed by atoms with E-state index in [1.165, 1.54) is 0 Å². The Balaban J connectivity index is 2.19. The second kappa shape index (κ2) is 4.14. The maximum absolute atomic E-state index is 11.2. The van der Waals surface area contributed by atoms with E-state index in [0.29, 0.717) is 6.42 Å². The second-order valence-corrected chi connectivity index (χ2v) is 4.34. The Kier molecular flexibility index (Phi) is 2.83. The molecule has 1 aliphatic heterocycles. The zero-order chi connectivity index (χ0) is 11.7. The van der Waals surface area contributed by atoms with E-state index in [-0.39, 0.29) is 18.0 Å². The molecule has 1 fully saturated rings. The number of benzene rings is 1. The van der Waals surface area contributed by atoms with Gasteiger partial charge in [0.15, 0.2) is 0 Å². The largest absolute Gasteiger partial charge is 0.324 e. The number of amides is 1. The highest BCUT2D eigenvalue weighted by Crippen LogP contribution is 2.22. The highest BCUT2D eigenvalue weighted by atomic mass is 16.2. The van der Waals surface area contributed by atoms with Crippen molar-refractivity contribution in [2.45, 2.75) is 32.4 Å². The fourth-order valence-corrected chi connectivity index (χ4v) is 1.91. The van der Waals surface area contributed by atoms with Crippen molar-refractivity contribution >= 4 is 11.6 Å². The van der Waals surface area contributed by atoms with E-state index in [2.05, 4.69) is 5.43 Å². The van der Waals surface area contributed by atoms with Gasteiger partial charge < -0.3 is 5.73 Å². The average Bonchev–Trinajstić information content (AvgIpc) is 2.58. The molecule has 0 saturated carbocycles. The van der Waals surface area contributed by atoms with Gasteiger partial charge in [0.1, 0.15) is 0 Å². The standard InChI is InChI=1S/C12H17N3O/c1-8-7-12(16)14-15(8)11-5-3-10(4-6-11)9(2)13/h3-6,8-9H,7,13H2,1-2H3,(H,14,16). The number of rotatable bonds is 2. The number of hydrogen-bond acceptors (Lipinski definition) is 3. The number of carbonyl (C=O) groups is 1. The Bertz CT molecular complexity index is 386. The van der Waals surface area contributed by atoms with E-state index < -0.39 is 0 Å². The quantitative estimate of drug-likeness (QED) is 0.789. The highest BCUT2D eigenvalue weighted by Gasteiger charge is 2.26. The number of hydrogen-bond donors (Lipinski definition) is 2. The molecule has 1 amide bonds. The molecule has 2 rings (SSSR count). The first kappa shape index (κ1) is 11.0. The monoisotopic (exact) mass is 219 g/mol. The van der Waals surface area contributed by atoms with Crippen molar-refractivity contribution in [3.63, 3.8) is 0 Å². The van der Waals surface area contributed by atoms with Crippen molar-refractivity contribution in [1.29, 1.82) is 0 Å². The summed E-state index contributed by atoms with van der Waals surface area (Å²) in [7, 11) is 0. The molecule has 0 radical (unpaired) electrons. The van der Waals surface area contributed by atoms with Crippen molar-refractivity contribution in [2.24, 2.45) is 5.73 Å². The zero-order valence-electron chi connectivity index (χ0n) is 9.60. The van der Waals surface area contributed by atoms with Gasteiger partial charge in [0.25, 0.3) is 0 Å². The van der Waals surface area contributed by atoms with Crippen LogP contribution in [0.2, 0.25) is 0 Å². The molecule has 1 heterocycles. The number of hydrazine groups is 1. The third kappa shape index (κ3) is 2.02. The molecule has 2 atom stereocenters. The van der Waals surface area contributed by atoms with Crippen LogP contribution in [0.25, 0.3) is 0 Å². The summed E-state index contributed by atoms with van der Waals surface area (Å²) in [4.78, 5) is 11.2. The van der Waals surface area contributed by atoms with Gasteiger partial charge in [0.2, 0.25) is 5.91 Å². The Morgan fingerprint density at radius 2 is 2.06 bits per heavy atom. The summed E-state index contributed by atoms with van der Waals surface area (Å²) >= 11 is 0. The maximum Gasteiger partial charge on any atom is 0.240 e. The first-order valence-electron chi connectivity index (χ1n) is 5.52. The zero-order valence-corrected chi connectivity index (χ0v) is 9.60. The fourth-order valence-electron chi connectivity index (χ4n) is 1.91. The summed E-state index contributed by atoms with van der Waals surface area (Å²) in [6, 6.07) is 8.21. The second-order valence-electron chi connectivity index (χ2n) is 4.34. The highest BCUT2D eigenvalue weighted by molar-refractivity contribution is 5.82. The molecule has 4 nitrogen and oxygen atoms in total. The van der Waals surface area contributed by atoms with Gasteiger partial charge in [-0.25, -0.2) is 0 Å². The SMILES string of the molecule is CC(N)c1ccc(N2NC(=O)CC2C)cc1. The molecule has 1 aromatic carbocycles. The molecule has 1 saturated heterocycles. The Morgan fingerprint density at radius 3 is 2.50 bits per heavy atom. The summed E-state index contributed by atoms with van der Waals surface area (Å²) in [5, 5.41) is 1.90. The van der Waals surface area contributed by atoms with Crippen molar-refractivity contribution in [1.82, 2.24) is 5.43 Å². The summed E-state index contributed by atoms with van der Waals surface area (Å²) in [6.07, 6.45) is 0.551. The molecular weight excluding hydrogens is 202 g/mol. The van der Waals surface area contributed by atoms with E-state index in [0.717, 1.165) is 11.3 Å². The minimum atomic E-state index is 0.0413. The summed E-state index contributed by atoms with van der Waals surface area (Å²) in [5.74, 6) is 0.0729. The third-order valence-corrected chi connectivity index (χ3v) is 2.86. The van der Waals surface area contributed by atoms with Gasteiger partial charge in [-0.2, -0.15) is 0 Å². The van der Waals surface area contributed by atoms with Crippen LogP contribution in [0, 0.1) is 0 Å². The topological polar surface area (TPSA) is 58.4 Å². The molecule has 1 aromatic rings. The van der Waals surface area contributed by atoms with Crippen LogP contribution in [-0.2, 0) is 4.79 Å². The van der Waals surface area contributed by atoms with Gasteiger partial charge in [0, 0.05) is 6.04 Å². The van der Waals surface area contributed by atoms with E-state index in [4.69, 9.17) is 5.73 Å². The summed E-state index contributed by atoms with van der Waals surface area (Å²) < 4.78 is 0. The first-order chi connectivity index (χ1) is 7.58. The van der Waals surface area contributed by atoms with Gasteiger partial charge in [-0.15, -0.1) is 0 Å². The minimum absolute atomic E-state index is 0.0413. The van der Waals surface area contributed by atoms with Crippen LogP contribution in [0.15, 0.2) is 24.3 Å². The Hall–Kier alpha value is -1.55. The molecule has 0 aromatic heterocycles. The normalized spacial score (nSPS) is 22.1. The van der Waals surface area contributed by atoms with Crippen LogP contribution in [0.5, 0.6) is 0 Å². The molecule has 86 valence electrons. The number of nitrogens with one attached hydrogen (secondary N) is 1. The van der Waals surface area contributed by atoms with Gasteiger partial charge in [-0.1, -0.05) is 12.1 Å². The van der Waals surface area contributed by atoms with Crippen LogP contribution < -0.4 is 16.2 Å². The van der Waals surface area contributed by atoms with E-state index in [1.54, 1.807) is 0 Å². The van der Waals surface area contributed by atoms with Crippen molar-refractivity contribution in [3.8, 4) is 0 Å². The predicted octanol–water partition coefficient (Wildman–Crippen LogP) is 1.34. The summed E-state index contributed by atoms with van der Waals surface area (Å²) in [6.45, 7) is 3.98. The molecule has 2 unspecified atom stereocenters. The lowest BCUT2D eigenvalue weighted by atomic mass is 10.1. The van der Waals surface area contributed by atoms with E-state index in [9.17, 15) is 4.79 Å². The van der Waals surface area contributed by atoms with Crippen LogP contribution in [0.4, 0.5) is 5.69 Å². The lowest BCUT2D eigenvalue weighted by molar-refractivity contribution is -0.119.